The molecule has 0 atom stereocenters. The monoisotopic (exact) mass is 308 g/mol. The third-order valence-electron chi connectivity index (χ3n) is 3.37. The summed E-state index contributed by atoms with van der Waals surface area (Å²) in [5.74, 6) is -4.88. The molecule has 1 heterocycles. The van der Waals surface area contributed by atoms with Gasteiger partial charge in [0.05, 0.1) is 0 Å². The van der Waals surface area contributed by atoms with Crippen LogP contribution in [0.2, 0.25) is 0 Å². The van der Waals surface area contributed by atoms with Gasteiger partial charge in [0.1, 0.15) is 0 Å². The second-order valence-electron chi connectivity index (χ2n) is 5.02. The molecule has 0 unspecified atom stereocenters. The minimum atomic E-state index is -1.57. The van der Waals surface area contributed by atoms with Crippen LogP contribution in [0.25, 0.3) is 0 Å². The molecule has 0 bridgehead atoms. The van der Waals surface area contributed by atoms with Gasteiger partial charge in [-0.1, -0.05) is 0 Å². The van der Waals surface area contributed by atoms with Crippen molar-refractivity contribution in [3.63, 3.8) is 0 Å². The molecule has 0 radical (unpaired) electrons. The van der Waals surface area contributed by atoms with Crippen molar-refractivity contribution in [2.45, 2.75) is 25.3 Å². The Labute approximate surface area is 121 Å². The van der Waals surface area contributed by atoms with Crippen molar-refractivity contribution in [2.75, 3.05) is 13.1 Å². The molecule has 2 N–H and O–H groups in total. The maximum atomic E-state index is 13.1. The molecule has 0 aromatic heterocycles. The largest absolute Gasteiger partial charge is 0.347 e. The van der Waals surface area contributed by atoms with Gasteiger partial charge in [0, 0.05) is 11.1 Å². The lowest BCUT2D eigenvalue weighted by Crippen LogP contribution is -2.52. The summed E-state index contributed by atoms with van der Waals surface area (Å²) in [4.78, 5) is 11.9. The SMILES string of the molecule is CC1(NC(=O)c2cc(F)c(F)c(F)c2)CCNCC1.Cl. The van der Waals surface area contributed by atoms with E-state index in [9.17, 15) is 18.0 Å². The number of hydrogen-bond acceptors (Lipinski definition) is 2. The Morgan fingerprint density at radius 3 is 2.20 bits per heavy atom. The first-order valence-electron chi connectivity index (χ1n) is 6.09. The molecule has 0 saturated carbocycles. The second-order valence-corrected chi connectivity index (χ2v) is 5.02. The Hall–Kier alpha value is -1.27. The Morgan fingerprint density at radius 2 is 1.70 bits per heavy atom. The fourth-order valence-corrected chi connectivity index (χ4v) is 2.14. The number of piperidine rings is 1. The van der Waals surface area contributed by atoms with Crippen LogP contribution in [0, 0.1) is 17.5 Å². The zero-order valence-electron chi connectivity index (χ0n) is 10.9. The van der Waals surface area contributed by atoms with E-state index in [0.717, 1.165) is 25.9 Å². The maximum Gasteiger partial charge on any atom is 0.251 e. The van der Waals surface area contributed by atoms with Gasteiger partial charge in [0.15, 0.2) is 17.5 Å². The van der Waals surface area contributed by atoms with E-state index in [4.69, 9.17) is 0 Å². The lowest BCUT2D eigenvalue weighted by molar-refractivity contribution is 0.0886. The van der Waals surface area contributed by atoms with Crippen LogP contribution in [0.5, 0.6) is 0 Å². The Morgan fingerprint density at radius 1 is 1.20 bits per heavy atom. The number of benzene rings is 1. The number of carbonyl (C=O) groups excluding carboxylic acids is 1. The Balaban J connectivity index is 0.00000200. The van der Waals surface area contributed by atoms with Crippen LogP contribution < -0.4 is 10.6 Å². The molecule has 0 aliphatic carbocycles. The van der Waals surface area contributed by atoms with Gasteiger partial charge in [0.2, 0.25) is 0 Å². The first kappa shape index (κ1) is 16.8. The van der Waals surface area contributed by atoms with Crippen LogP contribution in [0.4, 0.5) is 13.2 Å². The third-order valence-corrected chi connectivity index (χ3v) is 3.37. The van der Waals surface area contributed by atoms with Crippen LogP contribution in [0.3, 0.4) is 0 Å². The standard InChI is InChI=1S/C13H15F3N2O.ClH/c1-13(2-4-17-5-3-13)18-12(19)8-6-9(14)11(16)10(15)7-8;/h6-7,17H,2-5H2,1H3,(H,18,19);1H. The topological polar surface area (TPSA) is 41.1 Å². The van der Waals surface area contributed by atoms with Crippen molar-refractivity contribution in [2.24, 2.45) is 0 Å². The number of carbonyl (C=O) groups is 1. The molecule has 1 aliphatic heterocycles. The van der Waals surface area contributed by atoms with E-state index in [1.54, 1.807) is 0 Å². The Kier molecular flexibility index (Phi) is 5.42. The summed E-state index contributed by atoms with van der Waals surface area (Å²) in [6, 6.07) is 1.41. The van der Waals surface area contributed by atoms with Gasteiger partial charge in [-0.25, -0.2) is 13.2 Å². The smallest absolute Gasteiger partial charge is 0.251 e. The molecule has 1 aromatic carbocycles. The minimum Gasteiger partial charge on any atom is -0.347 e. The second kappa shape index (κ2) is 6.45. The summed E-state index contributed by atoms with van der Waals surface area (Å²) < 4.78 is 39.0. The highest BCUT2D eigenvalue weighted by Crippen LogP contribution is 2.19. The van der Waals surface area contributed by atoms with E-state index in [-0.39, 0.29) is 18.0 Å². The van der Waals surface area contributed by atoms with E-state index in [1.807, 2.05) is 6.92 Å². The average Bonchev–Trinajstić information content (AvgIpc) is 2.35. The van der Waals surface area contributed by atoms with Crippen LogP contribution in [0.1, 0.15) is 30.1 Å². The van der Waals surface area contributed by atoms with E-state index >= 15 is 0 Å². The molecule has 7 heteroatoms. The molecule has 112 valence electrons. The van der Waals surface area contributed by atoms with Gasteiger partial charge >= 0.3 is 0 Å². The normalized spacial score (nSPS) is 17.2. The fourth-order valence-electron chi connectivity index (χ4n) is 2.14. The zero-order chi connectivity index (χ0) is 14.0. The van der Waals surface area contributed by atoms with Crippen LogP contribution >= 0.6 is 12.4 Å². The molecular formula is C13H16ClF3N2O. The number of halogens is 4. The highest BCUT2D eigenvalue weighted by atomic mass is 35.5. The van der Waals surface area contributed by atoms with Gasteiger partial charge < -0.3 is 10.6 Å². The number of amides is 1. The quantitative estimate of drug-likeness (QED) is 0.824. The predicted molar refractivity (Wildman–Crippen MR) is 71.5 cm³/mol. The van der Waals surface area contributed by atoms with Gasteiger partial charge in [-0.05, 0) is 45.0 Å². The fraction of sp³-hybridized carbons (Fsp3) is 0.462. The van der Waals surface area contributed by atoms with Crippen molar-refractivity contribution >= 4 is 18.3 Å². The summed E-state index contributed by atoms with van der Waals surface area (Å²) in [5.41, 5.74) is -0.625. The summed E-state index contributed by atoms with van der Waals surface area (Å²) in [6.07, 6.45) is 1.45. The van der Waals surface area contributed by atoms with E-state index in [1.165, 1.54) is 0 Å². The molecule has 1 fully saturated rings. The lowest BCUT2D eigenvalue weighted by Gasteiger charge is -2.35. The van der Waals surface area contributed by atoms with Crippen molar-refractivity contribution in [3.8, 4) is 0 Å². The highest BCUT2D eigenvalue weighted by molar-refractivity contribution is 5.94. The van der Waals surface area contributed by atoms with Crippen molar-refractivity contribution < 1.29 is 18.0 Å². The number of nitrogens with one attached hydrogen (secondary N) is 2. The molecule has 1 aliphatic rings. The van der Waals surface area contributed by atoms with Crippen molar-refractivity contribution in [1.29, 1.82) is 0 Å². The Bertz CT molecular complexity index is 481. The lowest BCUT2D eigenvalue weighted by atomic mass is 9.90. The average molecular weight is 309 g/mol. The summed E-state index contributed by atoms with van der Waals surface area (Å²) in [6.45, 7) is 3.41. The van der Waals surface area contributed by atoms with E-state index in [2.05, 4.69) is 10.6 Å². The molecule has 20 heavy (non-hydrogen) atoms. The predicted octanol–water partition coefficient (Wildman–Crippen LogP) is 2.40. The molecule has 2 rings (SSSR count). The highest BCUT2D eigenvalue weighted by Gasteiger charge is 2.29. The number of rotatable bonds is 2. The van der Waals surface area contributed by atoms with Crippen LogP contribution in [-0.4, -0.2) is 24.5 Å². The first-order chi connectivity index (χ1) is 8.91. The minimum absolute atomic E-state index is 0. The van der Waals surface area contributed by atoms with Gasteiger partial charge in [0.25, 0.3) is 5.91 Å². The summed E-state index contributed by atoms with van der Waals surface area (Å²) in [7, 11) is 0. The van der Waals surface area contributed by atoms with E-state index < -0.39 is 28.9 Å². The zero-order valence-corrected chi connectivity index (χ0v) is 11.8. The summed E-state index contributed by atoms with van der Waals surface area (Å²) in [5, 5.41) is 5.91. The number of hydrogen-bond donors (Lipinski definition) is 2. The van der Waals surface area contributed by atoms with Gasteiger partial charge in [-0.3, -0.25) is 4.79 Å². The first-order valence-corrected chi connectivity index (χ1v) is 6.09. The van der Waals surface area contributed by atoms with Gasteiger partial charge in [-0.15, -0.1) is 12.4 Å². The molecular weight excluding hydrogens is 293 g/mol. The molecule has 0 spiro atoms. The van der Waals surface area contributed by atoms with Crippen molar-refractivity contribution in [3.05, 3.63) is 35.1 Å². The van der Waals surface area contributed by atoms with Crippen LogP contribution in [-0.2, 0) is 0 Å². The molecule has 3 nitrogen and oxygen atoms in total. The van der Waals surface area contributed by atoms with E-state index in [0.29, 0.717) is 12.1 Å². The van der Waals surface area contributed by atoms with Crippen LogP contribution in [0.15, 0.2) is 12.1 Å². The maximum absolute atomic E-state index is 13.1. The molecule has 1 amide bonds. The summed E-state index contributed by atoms with van der Waals surface area (Å²) >= 11 is 0. The van der Waals surface area contributed by atoms with Gasteiger partial charge in [-0.2, -0.15) is 0 Å². The van der Waals surface area contributed by atoms with Crippen molar-refractivity contribution in [1.82, 2.24) is 10.6 Å². The molecule has 1 saturated heterocycles. The molecule has 1 aromatic rings. The third kappa shape index (κ3) is 3.64.